The second kappa shape index (κ2) is 5.42. The molecular formula is C14H15N3O2S. The van der Waals surface area contributed by atoms with Crippen LogP contribution in [0.15, 0.2) is 28.7 Å². The Balaban J connectivity index is 2.33. The number of thiocarbonyl (C=S) groups is 1. The van der Waals surface area contributed by atoms with Gasteiger partial charge in [0.25, 0.3) is 5.91 Å². The summed E-state index contributed by atoms with van der Waals surface area (Å²) < 4.78 is 5.34. The molecule has 0 saturated carbocycles. The molecule has 0 fully saturated rings. The number of anilines is 1. The topological polar surface area (TPSA) is 72.4 Å². The molecule has 0 unspecified atom stereocenters. The second-order valence-electron chi connectivity index (χ2n) is 4.43. The molecule has 104 valence electrons. The maximum atomic E-state index is 12.4. The number of amides is 1. The van der Waals surface area contributed by atoms with E-state index >= 15 is 0 Å². The minimum atomic E-state index is -0.261. The first-order chi connectivity index (χ1) is 9.40. The van der Waals surface area contributed by atoms with E-state index in [0.29, 0.717) is 27.8 Å². The number of hydrogen-bond donors (Lipinski definition) is 1. The highest BCUT2D eigenvalue weighted by molar-refractivity contribution is 7.80. The smallest absolute Gasteiger partial charge is 0.295 e. The summed E-state index contributed by atoms with van der Waals surface area (Å²) in [5.74, 6) is 0.449. The van der Waals surface area contributed by atoms with E-state index in [0.717, 1.165) is 0 Å². The fraction of sp³-hybridized carbons (Fsp3) is 0.214. The van der Waals surface area contributed by atoms with Gasteiger partial charge in [0.1, 0.15) is 4.99 Å². The van der Waals surface area contributed by atoms with Gasteiger partial charge in [0.2, 0.25) is 5.76 Å². The van der Waals surface area contributed by atoms with Crippen LogP contribution in [0, 0.1) is 13.8 Å². The first-order valence-electron chi connectivity index (χ1n) is 6.02. The van der Waals surface area contributed by atoms with Crippen LogP contribution >= 0.6 is 12.2 Å². The van der Waals surface area contributed by atoms with Crippen molar-refractivity contribution in [1.29, 1.82) is 0 Å². The molecule has 1 aromatic heterocycles. The van der Waals surface area contributed by atoms with E-state index in [1.54, 1.807) is 45.2 Å². The summed E-state index contributed by atoms with van der Waals surface area (Å²) >= 11 is 4.94. The monoisotopic (exact) mass is 289 g/mol. The molecule has 5 nitrogen and oxygen atoms in total. The lowest BCUT2D eigenvalue weighted by molar-refractivity contribution is 0.0964. The van der Waals surface area contributed by atoms with Crippen LogP contribution in [0.5, 0.6) is 0 Å². The highest BCUT2D eigenvalue weighted by Crippen LogP contribution is 2.19. The molecule has 2 N–H and O–H groups in total. The molecule has 2 aromatic rings. The average molecular weight is 289 g/mol. The van der Waals surface area contributed by atoms with Gasteiger partial charge in [-0.3, -0.25) is 4.79 Å². The normalized spacial score (nSPS) is 10.3. The number of nitrogens with zero attached hydrogens (tertiary/aromatic N) is 2. The summed E-state index contributed by atoms with van der Waals surface area (Å²) in [6, 6.07) is 7.16. The first kappa shape index (κ1) is 14.2. The summed E-state index contributed by atoms with van der Waals surface area (Å²) in [5, 5.41) is 0. The Hall–Kier alpha value is -2.21. The van der Waals surface area contributed by atoms with Gasteiger partial charge in [0, 0.05) is 25.2 Å². The van der Waals surface area contributed by atoms with E-state index in [2.05, 4.69) is 4.98 Å². The lowest BCUT2D eigenvalue weighted by atomic mass is 10.2. The zero-order valence-electron chi connectivity index (χ0n) is 11.5. The molecule has 0 saturated heterocycles. The number of aromatic nitrogens is 1. The Morgan fingerprint density at radius 2 is 2.10 bits per heavy atom. The minimum absolute atomic E-state index is 0.241. The zero-order valence-corrected chi connectivity index (χ0v) is 12.3. The molecule has 20 heavy (non-hydrogen) atoms. The lowest BCUT2D eigenvalue weighted by Gasteiger charge is -2.16. The van der Waals surface area contributed by atoms with Crippen LogP contribution in [0.4, 0.5) is 5.69 Å². The zero-order chi connectivity index (χ0) is 14.9. The Labute approximate surface area is 122 Å². The number of aryl methyl sites for hydroxylation is 2. The van der Waals surface area contributed by atoms with Crippen LogP contribution in [0.1, 0.15) is 27.7 Å². The molecule has 0 radical (unpaired) electrons. The number of nitrogens with two attached hydrogens (primary N) is 1. The molecule has 0 aliphatic rings. The SMILES string of the molecule is Cc1nc(C)c(C(=O)N(C)c2cccc(C(N)=S)c2)o1. The van der Waals surface area contributed by atoms with Gasteiger partial charge in [-0.1, -0.05) is 24.4 Å². The fourth-order valence-electron chi connectivity index (χ4n) is 1.87. The molecule has 0 spiro atoms. The summed E-state index contributed by atoms with van der Waals surface area (Å²) in [5.41, 5.74) is 7.57. The number of carbonyl (C=O) groups excluding carboxylic acids is 1. The van der Waals surface area contributed by atoms with Crippen LogP contribution < -0.4 is 10.6 Å². The van der Waals surface area contributed by atoms with Crippen molar-refractivity contribution in [2.24, 2.45) is 5.73 Å². The molecule has 2 rings (SSSR count). The third-order valence-corrected chi connectivity index (χ3v) is 3.16. The Bertz CT molecular complexity index is 679. The van der Waals surface area contributed by atoms with Crippen molar-refractivity contribution in [3.63, 3.8) is 0 Å². The highest BCUT2D eigenvalue weighted by Gasteiger charge is 2.21. The quantitative estimate of drug-likeness (QED) is 0.877. The molecule has 1 amide bonds. The Morgan fingerprint density at radius 1 is 1.40 bits per heavy atom. The summed E-state index contributed by atoms with van der Waals surface area (Å²) in [6.07, 6.45) is 0. The maximum absolute atomic E-state index is 12.4. The van der Waals surface area contributed by atoms with Crippen LogP contribution in [0.25, 0.3) is 0 Å². The van der Waals surface area contributed by atoms with Crippen LogP contribution in [-0.4, -0.2) is 22.9 Å². The number of oxazole rings is 1. The van der Waals surface area contributed by atoms with E-state index < -0.39 is 0 Å². The molecule has 1 aromatic carbocycles. The van der Waals surface area contributed by atoms with Crippen molar-refractivity contribution in [2.45, 2.75) is 13.8 Å². The van der Waals surface area contributed by atoms with Gasteiger partial charge in [0.15, 0.2) is 5.89 Å². The van der Waals surface area contributed by atoms with Gasteiger partial charge in [-0.15, -0.1) is 0 Å². The predicted molar refractivity (Wildman–Crippen MR) is 81.0 cm³/mol. The third-order valence-electron chi connectivity index (χ3n) is 2.92. The molecule has 0 aliphatic heterocycles. The van der Waals surface area contributed by atoms with E-state index in [-0.39, 0.29) is 11.7 Å². The number of rotatable bonds is 3. The maximum Gasteiger partial charge on any atom is 0.295 e. The molecule has 1 heterocycles. The van der Waals surface area contributed by atoms with Gasteiger partial charge in [-0.2, -0.15) is 0 Å². The van der Waals surface area contributed by atoms with E-state index in [4.69, 9.17) is 22.4 Å². The van der Waals surface area contributed by atoms with Crippen LogP contribution in [0.3, 0.4) is 0 Å². The molecular weight excluding hydrogens is 274 g/mol. The van der Waals surface area contributed by atoms with Crippen molar-refractivity contribution in [3.8, 4) is 0 Å². The van der Waals surface area contributed by atoms with Gasteiger partial charge >= 0.3 is 0 Å². The first-order valence-corrected chi connectivity index (χ1v) is 6.43. The standard InChI is InChI=1S/C14H15N3O2S/c1-8-12(19-9(2)16-8)14(18)17(3)11-6-4-5-10(7-11)13(15)20/h4-7H,1-3H3,(H2,15,20). The van der Waals surface area contributed by atoms with Crippen molar-refractivity contribution < 1.29 is 9.21 Å². The van der Waals surface area contributed by atoms with Gasteiger partial charge in [0.05, 0.1) is 5.69 Å². The largest absolute Gasteiger partial charge is 0.436 e. The Morgan fingerprint density at radius 3 is 2.65 bits per heavy atom. The fourth-order valence-corrected chi connectivity index (χ4v) is 1.99. The Kier molecular flexibility index (Phi) is 3.85. The highest BCUT2D eigenvalue weighted by atomic mass is 32.1. The number of hydrogen-bond acceptors (Lipinski definition) is 4. The van der Waals surface area contributed by atoms with Crippen LogP contribution in [-0.2, 0) is 0 Å². The molecule has 6 heteroatoms. The molecule has 0 atom stereocenters. The van der Waals surface area contributed by atoms with Gasteiger partial charge in [-0.05, 0) is 19.1 Å². The van der Waals surface area contributed by atoms with Crippen molar-refractivity contribution >= 4 is 28.8 Å². The average Bonchev–Trinajstić information content (AvgIpc) is 2.76. The van der Waals surface area contributed by atoms with E-state index in [9.17, 15) is 4.79 Å². The van der Waals surface area contributed by atoms with Crippen LogP contribution in [0.2, 0.25) is 0 Å². The molecule has 0 bridgehead atoms. The third kappa shape index (κ3) is 2.70. The predicted octanol–water partition coefficient (Wildman–Crippen LogP) is 2.20. The van der Waals surface area contributed by atoms with Crippen molar-refractivity contribution in [3.05, 3.63) is 47.2 Å². The van der Waals surface area contributed by atoms with E-state index in [1.807, 2.05) is 0 Å². The number of carbonyl (C=O) groups is 1. The second-order valence-corrected chi connectivity index (χ2v) is 4.87. The van der Waals surface area contributed by atoms with Gasteiger partial charge < -0.3 is 15.1 Å². The molecule has 0 aliphatic carbocycles. The summed E-state index contributed by atoms with van der Waals surface area (Å²) in [7, 11) is 1.66. The van der Waals surface area contributed by atoms with Gasteiger partial charge in [-0.25, -0.2) is 4.98 Å². The number of benzene rings is 1. The van der Waals surface area contributed by atoms with Crippen molar-refractivity contribution in [1.82, 2.24) is 4.98 Å². The van der Waals surface area contributed by atoms with E-state index in [1.165, 1.54) is 4.90 Å². The summed E-state index contributed by atoms with van der Waals surface area (Å²) in [6.45, 7) is 3.44. The van der Waals surface area contributed by atoms with Crippen molar-refractivity contribution in [2.75, 3.05) is 11.9 Å². The lowest BCUT2D eigenvalue weighted by Crippen LogP contribution is -2.26. The minimum Gasteiger partial charge on any atom is -0.436 e. The summed E-state index contributed by atoms with van der Waals surface area (Å²) in [4.78, 5) is 18.3.